The summed E-state index contributed by atoms with van der Waals surface area (Å²) in [6.45, 7) is 14.8. The Morgan fingerprint density at radius 1 is 0.917 bits per heavy atom. The Morgan fingerprint density at radius 3 is 1.33 bits per heavy atom. The molecule has 0 aromatic rings. The molecule has 0 aliphatic heterocycles. The Labute approximate surface area is 77.2 Å². The topological polar surface area (TPSA) is 20.2 Å². The molecular formula is C11H24O. The highest BCUT2D eigenvalue weighted by atomic mass is 16.3. The van der Waals surface area contributed by atoms with Crippen molar-refractivity contribution in [2.75, 3.05) is 0 Å². The van der Waals surface area contributed by atoms with Crippen molar-refractivity contribution in [3.63, 3.8) is 0 Å². The molecule has 0 fully saturated rings. The molecule has 1 nitrogen and oxygen atoms in total. The van der Waals surface area contributed by atoms with Gasteiger partial charge in [-0.2, -0.15) is 0 Å². The Kier molecular flexibility index (Phi) is 3.01. The zero-order valence-corrected chi connectivity index (χ0v) is 9.65. The summed E-state index contributed by atoms with van der Waals surface area (Å²) in [7, 11) is 0. The van der Waals surface area contributed by atoms with E-state index < -0.39 is 5.60 Å². The molecule has 12 heavy (non-hydrogen) atoms. The predicted octanol–water partition coefficient (Wildman–Crippen LogP) is 3.22. The highest BCUT2D eigenvalue weighted by Crippen LogP contribution is 2.47. The van der Waals surface area contributed by atoms with E-state index in [1.807, 2.05) is 13.8 Å². The van der Waals surface area contributed by atoms with Crippen LogP contribution in [0, 0.1) is 10.8 Å². The summed E-state index contributed by atoms with van der Waals surface area (Å²) < 4.78 is 0. The first-order valence-corrected chi connectivity index (χ1v) is 4.78. The average Bonchev–Trinajstić information content (AvgIpc) is 1.85. The summed E-state index contributed by atoms with van der Waals surface area (Å²) in [5.74, 6) is 0. The summed E-state index contributed by atoms with van der Waals surface area (Å²) >= 11 is 0. The standard InChI is InChI=1S/C11H24O/c1-8-11(7,12)10(5,6)9(2,3)4/h12H,8H2,1-7H3. The molecule has 0 aliphatic carbocycles. The van der Waals surface area contributed by atoms with E-state index in [1.165, 1.54) is 0 Å². The van der Waals surface area contributed by atoms with E-state index in [1.54, 1.807) is 0 Å². The number of rotatable bonds is 2. The van der Waals surface area contributed by atoms with E-state index >= 15 is 0 Å². The largest absolute Gasteiger partial charge is 0.390 e. The van der Waals surface area contributed by atoms with Gasteiger partial charge in [0.25, 0.3) is 0 Å². The normalized spacial score (nSPS) is 19.0. The van der Waals surface area contributed by atoms with Crippen molar-refractivity contribution in [3.05, 3.63) is 0 Å². The van der Waals surface area contributed by atoms with Crippen LogP contribution in [0.5, 0.6) is 0 Å². The third-order valence-corrected chi connectivity index (χ3v) is 3.91. The van der Waals surface area contributed by atoms with Crippen molar-refractivity contribution in [3.8, 4) is 0 Å². The lowest BCUT2D eigenvalue weighted by atomic mass is 9.59. The van der Waals surface area contributed by atoms with Gasteiger partial charge in [0.1, 0.15) is 0 Å². The molecule has 0 aromatic heterocycles. The maximum atomic E-state index is 10.2. The summed E-state index contributed by atoms with van der Waals surface area (Å²) in [6.07, 6.45) is 0.803. The van der Waals surface area contributed by atoms with Crippen LogP contribution in [-0.2, 0) is 0 Å². The van der Waals surface area contributed by atoms with Gasteiger partial charge in [-0.25, -0.2) is 0 Å². The first kappa shape index (κ1) is 12.0. The minimum Gasteiger partial charge on any atom is -0.390 e. The molecule has 0 saturated heterocycles. The number of aliphatic hydroxyl groups is 1. The van der Waals surface area contributed by atoms with Gasteiger partial charge in [-0.1, -0.05) is 41.5 Å². The third-order valence-electron chi connectivity index (χ3n) is 3.91. The van der Waals surface area contributed by atoms with E-state index in [9.17, 15) is 5.11 Å². The van der Waals surface area contributed by atoms with Crippen LogP contribution in [0.2, 0.25) is 0 Å². The molecule has 0 heterocycles. The van der Waals surface area contributed by atoms with Gasteiger partial charge in [-0.05, 0) is 24.2 Å². The first-order valence-electron chi connectivity index (χ1n) is 4.78. The van der Waals surface area contributed by atoms with Gasteiger partial charge in [0.05, 0.1) is 5.60 Å². The molecule has 0 spiro atoms. The zero-order valence-electron chi connectivity index (χ0n) is 9.65. The quantitative estimate of drug-likeness (QED) is 0.678. The molecule has 0 aliphatic rings. The molecule has 1 heteroatoms. The van der Waals surface area contributed by atoms with Crippen LogP contribution in [0.15, 0.2) is 0 Å². The maximum Gasteiger partial charge on any atom is 0.0672 e. The van der Waals surface area contributed by atoms with Crippen LogP contribution in [0.4, 0.5) is 0 Å². The van der Waals surface area contributed by atoms with Crippen molar-refractivity contribution >= 4 is 0 Å². The van der Waals surface area contributed by atoms with Gasteiger partial charge in [0.2, 0.25) is 0 Å². The van der Waals surface area contributed by atoms with E-state index in [4.69, 9.17) is 0 Å². The minimum absolute atomic E-state index is 0.0608. The van der Waals surface area contributed by atoms with Crippen LogP contribution in [0.1, 0.15) is 54.9 Å². The molecule has 74 valence electrons. The van der Waals surface area contributed by atoms with Gasteiger partial charge in [-0.15, -0.1) is 0 Å². The SMILES string of the molecule is CCC(C)(O)C(C)(C)C(C)(C)C. The molecule has 0 saturated carbocycles. The number of hydrogen-bond acceptors (Lipinski definition) is 1. The Balaban J connectivity index is 4.85. The predicted molar refractivity (Wildman–Crippen MR) is 54.2 cm³/mol. The van der Waals surface area contributed by atoms with Crippen molar-refractivity contribution in [2.24, 2.45) is 10.8 Å². The molecule has 1 atom stereocenters. The van der Waals surface area contributed by atoms with E-state index in [-0.39, 0.29) is 10.8 Å². The molecule has 1 unspecified atom stereocenters. The molecule has 0 amide bonds. The molecule has 1 N–H and O–H groups in total. The summed E-state index contributed by atoms with van der Waals surface area (Å²) in [4.78, 5) is 0. The van der Waals surface area contributed by atoms with Gasteiger partial charge in [0, 0.05) is 0 Å². The second-order valence-electron chi connectivity index (χ2n) is 5.50. The lowest BCUT2D eigenvalue weighted by Crippen LogP contribution is -2.49. The highest BCUT2D eigenvalue weighted by molar-refractivity contribution is 4.96. The fourth-order valence-electron chi connectivity index (χ4n) is 1.25. The fourth-order valence-corrected chi connectivity index (χ4v) is 1.25. The van der Waals surface area contributed by atoms with Crippen molar-refractivity contribution in [1.82, 2.24) is 0 Å². The summed E-state index contributed by atoms with van der Waals surface area (Å²) in [5.41, 5.74) is -0.507. The van der Waals surface area contributed by atoms with Crippen LogP contribution in [0.3, 0.4) is 0 Å². The molecule has 0 aromatic carbocycles. The van der Waals surface area contributed by atoms with Crippen LogP contribution in [-0.4, -0.2) is 10.7 Å². The van der Waals surface area contributed by atoms with Crippen molar-refractivity contribution in [1.29, 1.82) is 0 Å². The second kappa shape index (κ2) is 3.02. The molecule has 0 bridgehead atoms. The zero-order chi connectivity index (χ0) is 10.2. The molecule has 0 radical (unpaired) electrons. The van der Waals surface area contributed by atoms with Crippen LogP contribution >= 0.6 is 0 Å². The summed E-state index contributed by atoms with van der Waals surface area (Å²) in [5, 5.41) is 10.2. The van der Waals surface area contributed by atoms with Gasteiger partial charge < -0.3 is 5.11 Å². The van der Waals surface area contributed by atoms with Gasteiger partial charge in [0.15, 0.2) is 0 Å². The van der Waals surface area contributed by atoms with Gasteiger partial charge in [-0.3, -0.25) is 0 Å². The van der Waals surface area contributed by atoms with E-state index in [0.29, 0.717) is 0 Å². The lowest BCUT2D eigenvalue weighted by molar-refractivity contribution is -0.109. The fraction of sp³-hybridized carbons (Fsp3) is 1.00. The minimum atomic E-state index is -0.578. The Morgan fingerprint density at radius 2 is 1.25 bits per heavy atom. The summed E-state index contributed by atoms with van der Waals surface area (Å²) in [6, 6.07) is 0. The lowest BCUT2D eigenvalue weighted by Gasteiger charge is -2.49. The average molecular weight is 172 g/mol. The smallest absolute Gasteiger partial charge is 0.0672 e. The van der Waals surface area contributed by atoms with Crippen molar-refractivity contribution < 1.29 is 5.11 Å². The molecular weight excluding hydrogens is 148 g/mol. The Bertz CT molecular complexity index is 149. The highest BCUT2D eigenvalue weighted by Gasteiger charge is 2.45. The van der Waals surface area contributed by atoms with Crippen LogP contribution in [0.25, 0.3) is 0 Å². The van der Waals surface area contributed by atoms with E-state index in [0.717, 1.165) is 6.42 Å². The second-order valence-corrected chi connectivity index (χ2v) is 5.50. The monoisotopic (exact) mass is 172 g/mol. The van der Waals surface area contributed by atoms with E-state index in [2.05, 4.69) is 34.6 Å². The third kappa shape index (κ3) is 1.82. The van der Waals surface area contributed by atoms with Crippen LogP contribution < -0.4 is 0 Å². The van der Waals surface area contributed by atoms with Crippen molar-refractivity contribution in [2.45, 2.75) is 60.5 Å². The maximum absolute atomic E-state index is 10.2. The van der Waals surface area contributed by atoms with Gasteiger partial charge >= 0.3 is 0 Å². The first-order chi connectivity index (χ1) is 5.06. The number of hydrogen-bond donors (Lipinski definition) is 1. The molecule has 0 rings (SSSR count). The Hall–Kier alpha value is -0.0400.